The Morgan fingerprint density at radius 2 is 1.84 bits per heavy atom. The highest BCUT2D eigenvalue weighted by atomic mass is 32.1. The molecule has 8 nitrogen and oxygen atoms in total. The molecule has 1 atom stereocenters. The molecule has 0 bridgehead atoms. The average Bonchev–Trinajstić information content (AvgIpc) is 3.28. The molecule has 1 aromatic rings. The number of hydrogen-bond acceptors (Lipinski definition) is 6. The Labute approximate surface area is 187 Å². The zero-order valence-corrected chi connectivity index (χ0v) is 18.1. The summed E-state index contributed by atoms with van der Waals surface area (Å²) in [6.07, 6.45) is -0.115. The smallest absolute Gasteiger partial charge is 0.377 e. The molecule has 1 aliphatic carbocycles. The van der Waals surface area contributed by atoms with Gasteiger partial charge in [-0.3, -0.25) is 19.8 Å². The number of morpholine rings is 1. The van der Waals surface area contributed by atoms with Gasteiger partial charge < -0.3 is 20.3 Å². The lowest BCUT2D eigenvalue weighted by molar-refractivity contribution is -0.171. The molecule has 0 aromatic carbocycles. The molecular weight excluding hydrogens is 449 g/mol. The second-order valence-corrected chi connectivity index (χ2v) is 8.88. The van der Waals surface area contributed by atoms with Crippen LogP contribution in [0, 0.1) is 11.3 Å². The van der Waals surface area contributed by atoms with Gasteiger partial charge in [-0.25, -0.2) is 0 Å². The molecular formula is C20H25F3N4O4S. The minimum atomic E-state index is -5.10. The molecule has 2 aliphatic rings. The maximum Gasteiger partial charge on any atom is 0.471 e. The van der Waals surface area contributed by atoms with Crippen molar-refractivity contribution in [1.29, 1.82) is 5.41 Å². The SMILES string of the molecule is N=C(NC(=O)C(F)(F)F)c1ccc(C(=O)NCC2COCCN2C(=O)C2CCCCC2)s1. The molecule has 2 heterocycles. The van der Waals surface area contributed by atoms with Crippen molar-refractivity contribution in [3.63, 3.8) is 0 Å². The number of halogens is 3. The third-order valence-corrected chi connectivity index (χ3v) is 6.64. The lowest BCUT2D eigenvalue weighted by atomic mass is 9.88. The normalized spacial score (nSPS) is 20.0. The number of rotatable bonds is 5. The van der Waals surface area contributed by atoms with Crippen LogP contribution in [0.15, 0.2) is 12.1 Å². The van der Waals surface area contributed by atoms with E-state index in [1.54, 1.807) is 4.90 Å². The van der Waals surface area contributed by atoms with Crippen LogP contribution in [0.1, 0.15) is 46.7 Å². The number of thiophene rings is 1. The third kappa shape index (κ3) is 6.06. The van der Waals surface area contributed by atoms with E-state index in [4.69, 9.17) is 10.1 Å². The Hall–Kier alpha value is -2.47. The Kier molecular flexibility index (Phi) is 7.88. The van der Waals surface area contributed by atoms with Crippen molar-refractivity contribution in [1.82, 2.24) is 15.5 Å². The van der Waals surface area contributed by atoms with Crippen molar-refractivity contribution < 1.29 is 32.3 Å². The van der Waals surface area contributed by atoms with Gasteiger partial charge in [0.2, 0.25) is 5.91 Å². The molecule has 1 saturated heterocycles. The number of alkyl halides is 3. The number of nitrogens with zero attached hydrogens (tertiary/aromatic N) is 1. The lowest BCUT2D eigenvalue weighted by Crippen LogP contribution is -2.55. The summed E-state index contributed by atoms with van der Waals surface area (Å²) in [5.74, 6) is -3.35. The highest BCUT2D eigenvalue weighted by molar-refractivity contribution is 7.16. The van der Waals surface area contributed by atoms with Crippen LogP contribution in [-0.2, 0) is 14.3 Å². The fourth-order valence-electron chi connectivity index (χ4n) is 3.84. The zero-order valence-electron chi connectivity index (χ0n) is 17.3. The highest BCUT2D eigenvalue weighted by Crippen LogP contribution is 2.27. The molecule has 1 aliphatic heterocycles. The van der Waals surface area contributed by atoms with Crippen LogP contribution >= 0.6 is 11.3 Å². The molecule has 1 aromatic heterocycles. The van der Waals surface area contributed by atoms with Crippen LogP contribution in [-0.4, -0.2) is 67.0 Å². The van der Waals surface area contributed by atoms with Gasteiger partial charge in [-0.1, -0.05) is 19.3 Å². The first-order valence-electron chi connectivity index (χ1n) is 10.4. The molecule has 1 unspecified atom stereocenters. The van der Waals surface area contributed by atoms with Gasteiger partial charge in [0.05, 0.1) is 29.0 Å². The number of amidine groups is 1. The minimum Gasteiger partial charge on any atom is -0.377 e. The lowest BCUT2D eigenvalue weighted by Gasteiger charge is -2.38. The standard InChI is InChI=1S/C20H25F3N4O4S/c21-20(22,23)19(30)26-16(24)14-6-7-15(32-14)17(28)25-10-13-11-31-9-8-27(13)18(29)12-4-2-1-3-5-12/h6-7,12-13H,1-5,8-11H2,(H,25,28)(H2,24,26,30). The number of ether oxygens (including phenoxy) is 1. The van der Waals surface area contributed by atoms with Crippen molar-refractivity contribution in [3.8, 4) is 0 Å². The summed E-state index contributed by atoms with van der Waals surface area (Å²) in [5, 5.41) is 11.8. The predicted octanol–water partition coefficient (Wildman–Crippen LogP) is 2.29. The maximum absolute atomic E-state index is 12.9. The molecule has 176 valence electrons. The largest absolute Gasteiger partial charge is 0.471 e. The van der Waals surface area contributed by atoms with Crippen LogP contribution in [0.2, 0.25) is 0 Å². The predicted molar refractivity (Wildman–Crippen MR) is 111 cm³/mol. The van der Waals surface area contributed by atoms with E-state index >= 15 is 0 Å². The molecule has 3 rings (SSSR count). The minimum absolute atomic E-state index is 0.0119. The molecule has 0 spiro atoms. The van der Waals surface area contributed by atoms with Crippen molar-refractivity contribution in [3.05, 3.63) is 21.9 Å². The van der Waals surface area contributed by atoms with Crippen molar-refractivity contribution >= 4 is 34.9 Å². The summed E-state index contributed by atoms with van der Waals surface area (Å²) in [4.78, 5) is 38.4. The summed E-state index contributed by atoms with van der Waals surface area (Å²) in [6, 6.07) is 2.36. The number of amides is 3. The van der Waals surface area contributed by atoms with Gasteiger partial charge in [0.15, 0.2) is 0 Å². The van der Waals surface area contributed by atoms with E-state index in [0.717, 1.165) is 43.4 Å². The summed E-state index contributed by atoms with van der Waals surface area (Å²) in [6.45, 7) is 1.40. The van der Waals surface area contributed by atoms with Gasteiger partial charge >= 0.3 is 12.1 Å². The van der Waals surface area contributed by atoms with E-state index < -0.39 is 23.8 Å². The van der Waals surface area contributed by atoms with Crippen LogP contribution in [0.4, 0.5) is 13.2 Å². The number of carbonyl (C=O) groups excluding carboxylic acids is 3. The first-order valence-corrected chi connectivity index (χ1v) is 11.2. The Bertz CT molecular complexity index is 867. The van der Waals surface area contributed by atoms with Crippen molar-refractivity contribution in [2.75, 3.05) is 26.3 Å². The number of hydrogen-bond donors (Lipinski definition) is 3. The number of nitrogens with one attached hydrogen (secondary N) is 3. The van der Waals surface area contributed by atoms with E-state index in [1.165, 1.54) is 17.4 Å². The molecule has 2 fully saturated rings. The molecule has 12 heteroatoms. The molecule has 3 N–H and O–H groups in total. The second kappa shape index (κ2) is 10.4. The molecule has 1 saturated carbocycles. The van der Waals surface area contributed by atoms with Gasteiger partial charge in [-0.05, 0) is 25.0 Å². The van der Waals surface area contributed by atoms with Crippen molar-refractivity contribution in [2.45, 2.75) is 44.3 Å². The quantitative estimate of drug-likeness (QED) is 0.449. The van der Waals surface area contributed by atoms with Crippen LogP contribution in [0.3, 0.4) is 0 Å². The Morgan fingerprint density at radius 1 is 1.16 bits per heavy atom. The van der Waals surface area contributed by atoms with E-state index in [-0.39, 0.29) is 34.2 Å². The van der Waals surface area contributed by atoms with Gasteiger partial charge in [0.25, 0.3) is 5.91 Å². The van der Waals surface area contributed by atoms with Crippen molar-refractivity contribution in [2.24, 2.45) is 5.92 Å². The first-order chi connectivity index (χ1) is 15.2. The topological polar surface area (TPSA) is 112 Å². The molecule has 32 heavy (non-hydrogen) atoms. The van der Waals surface area contributed by atoms with E-state index in [2.05, 4.69) is 5.32 Å². The van der Waals surface area contributed by atoms with Crippen LogP contribution in [0.5, 0.6) is 0 Å². The highest BCUT2D eigenvalue weighted by Gasteiger charge is 2.39. The van der Waals surface area contributed by atoms with Crippen LogP contribution in [0.25, 0.3) is 0 Å². The van der Waals surface area contributed by atoms with Gasteiger partial charge in [0.1, 0.15) is 5.84 Å². The third-order valence-electron chi connectivity index (χ3n) is 5.54. The summed E-state index contributed by atoms with van der Waals surface area (Å²) in [7, 11) is 0. The van der Waals surface area contributed by atoms with Gasteiger partial charge in [-0.2, -0.15) is 13.2 Å². The second-order valence-electron chi connectivity index (χ2n) is 7.80. The molecule has 3 amide bonds. The Morgan fingerprint density at radius 3 is 2.53 bits per heavy atom. The molecule has 0 radical (unpaired) electrons. The van der Waals surface area contributed by atoms with E-state index in [1.807, 2.05) is 0 Å². The van der Waals surface area contributed by atoms with Gasteiger partial charge in [-0.15, -0.1) is 11.3 Å². The summed E-state index contributed by atoms with van der Waals surface area (Å²) >= 11 is 0.788. The van der Waals surface area contributed by atoms with E-state index in [0.29, 0.717) is 19.8 Å². The summed E-state index contributed by atoms with van der Waals surface area (Å²) < 4.78 is 42.5. The Balaban J connectivity index is 1.55. The zero-order chi connectivity index (χ0) is 23.3. The van der Waals surface area contributed by atoms with Gasteiger partial charge in [0, 0.05) is 19.0 Å². The monoisotopic (exact) mass is 474 g/mol. The fourth-order valence-corrected chi connectivity index (χ4v) is 4.66. The summed E-state index contributed by atoms with van der Waals surface area (Å²) in [5.41, 5.74) is 0. The fraction of sp³-hybridized carbons (Fsp3) is 0.600. The van der Waals surface area contributed by atoms with Crippen LogP contribution < -0.4 is 10.6 Å². The number of carbonyl (C=O) groups is 3. The van der Waals surface area contributed by atoms with E-state index in [9.17, 15) is 27.6 Å². The first kappa shape index (κ1) is 24.2. The maximum atomic E-state index is 12.9. The average molecular weight is 475 g/mol.